The average Bonchev–Trinajstić information content (AvgIpc) is 3.18. The predicted octanol–water partition coefficient (Wildman–Crippen LogP) is 4.09. The van der Waals surface area contributed by atoms with Crippen LogP contribution < -0.4 is 10.1 Å². The maximum absolute atomic E-state index is 12.5. The normalized spacial score (nSPS) is 17.0. The molecule has 0 aliphatic carbocycles. The Hall–Kier alpha value is -1.59. The number of carbonyl (C=O) groups is 1. The minimum atomic E-state index is -0.791. The summed E-state index contributed by atoms with van der Waals surface area (Å²) in [6.45, 7) is 10.7. The zero-order valence-corrected chi connectivity index (χ0v) is 16.6. The molecule has 0 saturated carbocycles. The van der Waals surface area contributed by atoms with Crippen molar-refractivity contribution >= 4 is 11.6 Å². The van der Waals surface area contributed by atoms with Crippen LogP contribution in [0.4, 0.5) is 5.69 Å². The van der Waals surface area contributed by atoms with E-state index in [4.69, 9.17) is 9.47 Å². The van der Waals surface area contributed by atoms with Crippen LogP contribution in [0.5, 0.6) is 5.75 Å². The van der Waals surface area contributed by atoms with E-state index in [2.05, 4.69) is 10.2 Å². The molecule has 5 nitrogen and oxygen atoms in total. The summed E-state index contributed by atoms with van der Waals surface area (Å²) in [5.41, 5.74) is -0.0278. The van der Waals surface area contributed by atoms with Gasteiger partial charge in [0.25, 0.3) is 5.91 Å². The van der Waals surface area contributed by atoms with Crippen LogP contribution in [0.2, 0.25) is 0 Å². The lowest BCUT2D eigenvalue weighted by molar-refractivity contribution is -0.139. The lowest BCUT2D eigenvalue weighted by atomic mass is 10.0. The molecule has 1 fully saturated rings. The highest BCUT2D eigenvalue weighted by Crippen LogP contribution is 2.21. The maximum atomic E-state index is 12.5. The van der Waals surface area contributed by atoms with Crippen LogP contribution in [0, 0.1) is 0 Å². The van der Waals surface area contributed by atoms with Crippen LogP contribution in [0.3, 0.4) is 0 Å². The van der Waals surface area contributed by atoms with E-state index in [0.29, 0.717) is 13.0 Å². The number of rotatable bonds is 11. The van der Waals surface area contributed by atoms with Gasteiger partial charge in [0, 0.05) is 18.8 Å². The quantitative estimate of drug-likeness (QED) is 0.603. The molecule has 1 aliphatic rings. The first kappa shape index (κ1) is 20.7. The summed E-state index contributed by atoms with van der Waals surface area (Å²) in [6.07, 6.45) is 5.23. The third-order valence-corrected chi connectivity index (χ3v) is 4.98. The van der Waals surface area contributed by atoms with Crippen molar-refractivity contribution in [1.82, 2.24) is 4.90 Å². The van der Waals surface area contributed by atoms with E-state index in [1.54, 1.807) is 0 Å². The Morgan fingerprint density at radius 2 is 1.85 bits per heavy atom. The maximum Gasteiger partial charge on any atom is 0.256 e. The summed E-state index contributed by atoms with van der Waals surface area (Å²) in [7, 11) is 0. The molecule has 146 valence electrons. The molecule has 1 N–H and O–H groups in total. The molecule has 1 unspecified atom stereocenters. The molecule has 1 aromatic carbocycles. The zero-order chi connectivity index (χ0) is 18.8. The van der Waals surface area contributed by atoms with Gasteiger partial charge in [-0.15, -0.1) is 0 Å². The fourth-order valence-corrected chi connectivity index (χ4v) is 3.04. The first-order chi connectivity index (χ1) is 12.6. The smallest absolute Gasteiger partial charge is 0.256 e. The first-order valence-electron chi connectivity index (χ1n) is 9.98. The van der Waals surface area contributed by atoms with Crippen molar-refractivity contribution < 1.29 is 14.3 Å². The molecule has 1 saturated heterocycles. The number of nitrogens with zero attached hydrogens (tertiary/aromatic N) is 1. The summed E-state index contributed by atoms with van der Waals surface area (Å²) in [4.78, 5) is 15.0. The molecule has 0 aromatic heterocycles. The van der Waals surface area contributed by atoms with Gasteiger partial charge >= 0.3 is 0 Å². The second kappa shape index (κ2) is 10.5. The van der Waals surface area contributed by atoms with Crippen LogP contribution in [-0.2, 0) is 9.53 Å². The van der Waals surface area contributed by atoms with E-state index < -0.39 is 5.60 Å². The van der Waals surface area contributed by atoms with Crippen molar-refractivity contribution in [2.24, 2.45) is 0 Å². The van der Waals surface area contributed by atoms with Gasteiger partial charge in [0.1, 0.15) is 11.4 Å². The summed E-state index contributed by atoms with van der Waals surface area (Å²) in [6, 6.07) is 7.57. The number of ether oxygens (including phenoxy) is 2. The lowest BCUT2D eigenvalue weighted by Gasteiger charge is -2.27. The van der Waals surface area contributed by atoms with Crippen LogP contribution >= 0.6 is 0 Å². The average molecular weight is 363 g/mol. The molecule has 26 heavy (non-hydrogen) atoms. The minimum Gasteiger partial charge on any atom is -0.494 e. The molecule has 0 radical (unpaired) electrons. The second-order valence-corrected chi connectivity index (χ2v) is 7.16. The second-order valence-electron chi connectivity index (χ2n) is 7.16. The molecular formula is C21H34N2O3. The van der Waals surface area contributed by atoms with E-state index in [1.165, 1.54) is 25.9 Å². The largest absolute Gasteiger partial charge is 0.494 e. The van der Waals surface area contributed by atoms with E-state index in [0.717, 1.165) is 37.4 Å². The Morgan fingerprint density at radius 3 is 2.46 bits per heavy atom. The van der Waals surface area contributed by atoms with E-state index in [9.17, 15) is 4.79 Å². The van der Waals surface area contributed by atoms with Gasteiger partial charge in [0.05, 0.1) is 6.61 Å². The lowest BCUT2D eigenvalue weighted by Crippen LogP contribution is -2.42. The fraction of sp³-hybridized carbons (Fsp3) is 0.667. The number of likely N-dealkylation sites (tertiary alicyclic amines) is 1. The molecule has 0 bridgehead atoms. The minimum absolute atomic E-state index is 0.104. The van der Waals surface area contributed by atoms with Crippen LogP contribution in [0.15, 0.2) is 24.3 Å². The Kier molecular flexibility index (Phi) is 8.39. The standard InChI is InChI=1S/C21H34N2O3/c1-4-16-26-21(3,5-2)20(24)22-18-9-11-19(12-10-18)25-17-8-15-23-13-6-7-14-23/h9-12H,4-8,13-17H2,1-3H3,(H,22,24). The third-order valence-electron chi connectivity index (χ3n) is 4.98. The van der Waals surface area contributed by atoms with E-state index in [-0.39, 0.29) is 5.91 Å². The Morgan fingerprint density at radius 1 is 1.15 bits per heavy atom. The number of hydrogen-bond donors (Lipinski definition) is 1. The van der Waals surface area contributed by atoms with E-state index in [1.807, 2.05) is 45.0 Å². The van der Waals surface area contributed by atoms with Crippen LogP contribution in [0.25, 0.3) is 0 Å². The number of hydrogen-bond acceptors (Lipinski definition) is 4. The molecule has 2 rings (SSSR count). The Balaban J connectivity index is 1.76. The van der Waals surface area contributed by atoms with Crippen molar-refractivity contribution in [3.8, 4) is 5.75 Å². The van der Waals surface area contributed by atoms with Crippen molar-refractivity contribution in [2.75, 3.05) is 38.2 Å². The van der Waals surface area contributed by atoms with Gasteiger partial charge in [-0.3, -0.25) is 4.79 Å². The molecule has 1 aliphatic heterocycles. The molecular weight excluding hydrogens is 328 g/mol. The van der Waals surface area contributed by atoms with Crippen molar-refractivity contribution in [3.63, 3.8) is 0 Å². The Bertz CT molecular complexity index is 541. The van der Waals surface area contributed by atoms with Gasteiger partial charge in [0.2, 0.25) is 0 Å². The summed E-state index contributed by atoms with van der Waals surface area (Å²) in [5.74, 6) is 0.734. The predicted molar refractivity (Wildman–Crippen MR) is 106 cm³/mol. The zero-order valence-electron chi connectivity index (χ0n) is 16.6. The number of amides is 1. The molecule has 1 aromatic rings. The number of nitrogens with one attached hydrogen (secondary N) is 1. The van der Waals surface area contributed by atoms with Gasteiger partial charge in [-0.1, -0.05) is 13.8 Å². The molecule has 1 amide bonds. The molecule has 1 heterocycles. The molecule has 5 heteroatoms. The van der Waals surface area contributed by atoms with Crippen LogP contribution in [0.1, 0.15) is 52.9 Å². The van der Waals surface area contributed by atoms with Gasteiger partial charge in [-0.05, 0) is 76.4 Å². The van der Waals surface area contributed by atoms with Gasteiger partial charge in [-0.25, -0.2) is 0 Å². The molecule has 1 atom stereocenters. The third kappa shape index (κ3) is 6.29. The SMILES string of the molecule is CCCOC(C)(CC)C(=O)Nc1ccc(OCCCN2CCCC2)cc1. The van der Waals surface area contributed by atoms with Crippen molar-refractivity contribution in [3.05, 3.63) is 24.3 Å². The van der Waals surface area contributed by atoms with Crippen molar-refractivity contribution in [2.45, 2.75) is 58.5 Å². The van der Waals surface area contributed by atoms with Gasteiger partial charge in [-0.2, -0.15) is 0 Å². The topological polar surface area (TPSA) is 50.8 Å². The van der Waals surface area contributed by atoms with Gasteiger partial charge < -0.3 is 19.7 Å². The first-order valence-corrected chi connectivity index (χ1v) is 9.98. The highest BCUT2D eigenvalue weighted by molar-refractivity contribution is 5.97. The number of benzene rings is 1. The summed E-state index contributed by atoms with van der Waals surface area (Å²) >= 11 is 0. The molecule has 0 spiro atoms. The fourth-order valence-electron chi connectivity index (χ4n) is 3.04. The monoisotopic (exact) mass is 362 g/mol. The summed E-state index contributed by atoms with van der Waals surface area (Å²) < 4.78 is 11.6. The van der Waals surface area contributed by atoms with Gasteiger partial charge in [0.15, 0.2) is 0 Å². The highest BCUT2D eigenvalue weighted by atomic mass is 16.5. The van der Waals surface area contributed by atoms with Crippen molar-refractivity contribution in [1.29, 1.82) is 0 Å². The van der Waals surface area contributed by atoms with E-state index >= 15 is 0 Å². The van der Waals surface area contributed by atoms with Crippen LogP contribution in [-0.4, -0.2) is 49.3 Å². The Labute approximate surface area is 158 Å². The summed E-state index contributed by atoms with van der Waals surface area (Å²) in [5, 5.41) is 2.95. The number of anilines is 1. The highest BCUT2D eigenvalue weighted by Gasteiger charge is 2.32. The number of carbonyl (C=O) groups excluding carboxylic acids is 1.